The van der Waals surface area contributed by atoms with Crippen LogP contribution >= 0.6 is 0 Å². The molecule has 3 nitrogen and oxygen atoms in total. The van der Waals surface area contributed by atoms with E-state index in [-0.39, 0.29) is 18.5 Å². The second kappa shape index (κ2) is 5.11. The van der Waals surface area contributed by atoms with Crippen LogP contribution < -0.4 is 0 Å². The molecule has 0 bridgehead atoms. The molecule has 0 amide bonds. The molecule has 1 aliphatic heterocycles. The Morgan fingerprint density at radius 1 is 1.61 bits per heavy atom. The van der Waals surface area contributed by atoms with Crippen LogP contribution in [0.1, 0.15) is 33.1 Å². The molecule has 0 unspecified atom stereocenters. The third kappa shape index (κ3) is 2.41. The number of carbonyl (C=O) groups is 1. The first kappa shape index (κ1) is 13.1. The standard InChI is InChI=1S/C15H20O3/c1-4-5-12-9-15(7-6-11(2)3)14(8-13(12)16)17-10-18-15/h4,6,8,12H,1,5,7,9-10H2,2-3H3/t12-,15+/m1/s1. The highest BCUT2D eigenvalue weighted by Gasteiger charge is 2.47. The Hall–Kier alpha value is -1.35. The van der Waals surface area contributed by atoms with Crippen LogP contribution in [0.4, 0.5) is 0 Å². The maximum Gasteiger partial charge on any atom is 0.189 e. The SMILES string of the molecule is C=CC[C@@H]1C[C@]2(CC=C(C)C)OCOC2=CC1=O. The van der Waals surface area contributed by atoms with Crippen LogP contribution in [0.5, 0.6) is 0 Å². The molecular weight excluding hydrogens is 228 g/mol. The van der Waals surface area contributed by atoms with Crippen molar-refractivity contribution in [3.05, 3.63) is 36.1 Å². The lowest BCUT2D eigenvalue weighted by Gasteiger charge is -2.32. The topological polar surface area (TPSA) is 35.5 Å². The molecule has 0 radical (unpaired) electrons. The molecule has 0 N–H and O–H groups in total. The van der Waals surface area contributed by atoms with E-state index >= 15 is 0 Å². The van der Waals surface area contributed by atoms with Crippen molar-refractivity contribution in [3.63, 3.8) is 0 Å². The first-order valence-corrected chi connectivity index (χ1v) is 6.34. The van der Waals surface area contributed by atoms with Gasteiger partial charge in [0.15, 0.2) is 12.6 Å². The zero-order chi connectivity index (χ0) is 13.2. The van der Waals surface area contributed by atoms with E-state index in [0.29, 0.717) is 18.6 Å². The van der Waals surface area contributed by atoms with E-state index in [2.05, 4.69) is 26.5 Å². The Balaban J connectivity index is 2.26. The molecular formula is C15H20O3. The first-order valence-electron chi connectivity index (χ1n) is 6.34. The number of hydrogen-bond donors (Lipinski definition) is 0. The average molecular weight is 248 g/mol. The van der Waals surface area contributed by atoms with Crippen LogP contribution in [-0.4, -0.2) is 18.2 Å². The molecule has 98 valence electrons. The molecule has 0 saturated carbocycles. The number of rotatable bonds is 4. The average Bonchev–Trinajstić information content (AvgIpc) is 2.71. The minimum atomic E-state index is -0.432. The normalized spacial score (nSPS) is 30.2. The Morgan fingerprint density at radius 2 is 2.39 bits per heavy atom. The number of fused-ring (bicyclic) bond motifs is 1. The van der Waals surface area contributed by atoms with Crippen molar-refractivity contribution in [2.24, 2.45) is 5.92 Å². The van der Waals surface area contributed by atoms with Gasteiger partial charge >= 0.3 is 0 Å². The molecule has 2 rings (SSSR count). The zero-order valence-electron chi connectivity index (χ0n) is 11.1. The predicted molar refractivity (Wildman–Crippen MR) is 69.8 cm³/mol. The van der Waals surface area contributed by atoms with Crippen molar-refractivity contribution in [2.75, 3.05) is 6.79 Å². The van der Waals surface area contributed by atoms with E-state index < -0.39 is 5.60 Å². The van der Waals surface area contributed by atoms with E-state index in [1.807, 2.05) is 0 Å². The zero-order valence-corrected chi connectivity index (χ0v) is 11.1. The van der Waals surface area contributed by atoms with E-state index in [1.54, 1.807) is 12.2 Å². The number of carbonyl (C=O) groups excluding carboxylic acids is 1. The lowest BCUT2D eigenvalue weighted by molar-refractivity contribution is -0.121. The molecule has 2 aliphatic rings. The molecule has 3 heteroatoms. The van der Waals surface area contributed by atoms with Gasteiger partial charge in [0.25, 0.3) is 0 Å². The second-order valence-electron chi connectivity index (χ2n) is 5.22. The summed E-state index contributed by atoms with van der Waals surface area (Å²) in [5.74, 6) is 0.798. The van der Waals surface area contributed by atoms with E-state index in [9.17, 15) is 4.79 Å². The summed E-state index contributed by atoms with van der Waals surface area (Å²) in [6.45, 7) is 8.08. The number of ether oxygens (including phenoxy) is 2. The molecule has 1 saturated heterocycles. The van der Waals surface area contributed by atoms with Gasteiger partial charge in [0, 0.05) is 18.4 Å². The summed E-state index contributed by atoms with van der Waals surface area (Å²) in [7, 11) is 0. The van der Waals surface area contributed by atoms with E-state index in [0.717, 1.165) is 6.42 Å². The summed E-state index contributed by atoms with van der Waals surface area (Å²) in [5.41, 5.74) is 0.815. The van der Waals surface area contributed by atoms with Gasteiger partial charge < -0.3 is 9.47 Å². The molecule has 0 aromatic carbocycles. The Morgan fingerprint density at radius 3 is 3.06 bits per heavy atom. The summed E-state index contributed by atoms with van der Waals surface area (Å²) < 4.78 is 11.3. The first-order chi connectivity index (χ1) is 8.57. The third-order valence-corrected chi connectivity index (χ3v) is 3.54. The minimum absolute atomic E-state index is 0.0292. The molecule has 1 aliphatic carbocycles. The van der Waals surface area contributed by atoms with Gasteiger partial charge in [0.1, 0.15) is 11.4 Å². The minimum Gasteiger partial charge on any atom is -0.469 e. The summed E-state index contributed by atoms with van der Waals surface area (Å²) in [6, 6.07) is 0. The lowest BCUT2D eigenvalue weighted by atomic mass is 9.77. The second-order valence-corrected chi connectivity index (χ2v) is 5.22. The van der Waals surface area contributed by atoms with Gasteiger partial charge in [-0.25, -0.2) is 0 Å². The number of ketones is 1. The fourth-order valence-corrected chi connectivity index (χ4v) is 2.50. The number of allylic oxidation sites excluding steroid dienone is 3. The molecule has 1 heterocycles. The fraction of sp³-hybridized carbons (Fsp3) is 0.533. The molecule has 18 heavy (non-hydrogen) atoms. The molecule has 0 spiro atoms. The van der Waals surface area contributed by atoms with E-state index in [1.165, 1.54) is 5.57 Å². The monoisotopic (exact) mass is 248 g/mol. The van der Waals surface area contributed by atoms with Gasteiger partial charge in [-0.3, -0.25) is 4.79 Å². The molecule has 0 aromatic heterocycles. The summed E-state index contributed by atoms with van der Waals surface area (Å²) in [5, 5.41) is 0. The Bertz CT molecular complexity index is 415. The highest BCUT2D eigenvalue weighted by molar-refractivity contribution is 5.93. The van der Waals surface area contributed by atoms with Gasteiger partial charge in [0.2, 0.25) is 0 Å². The van der Waals surface area contributed by atoms with Gasteiger partial charge in [-0.1, -0.05) is 17.7 Å². The van der Waals surface area contributed by atoms with Crippen molar-refractivity contribution in [2.45, 2.75) is 38.7 Å². The van der Waals surface area contributed by atoms with Crippen molar-refractivity contribution in [3.8, 4) is 0 Å². The van der Waals surface area contributed by atoms with Crippen LogP contribution in [0.3, 0.4) is 0 Å². The third-order valence-electron chi connectivity index (χ3n) is 3.54. The van der Waals surface area contributed by atoms with Gasteiger partial charge in [0.05, 0.1) is 0 Å². The summed E-state index contributed by atoms with van der Waals surface area (Å²) in [6.07, 6.45) is 7.71. The van der Waals surface area contributed by atoms with E-state index in [4.69, 9.17) is 9.47 Å². The van der Waals surface area contributed by atoms with Gasteiger partial charge in [-0.2, -0.15) is 0 Å². The van der Waals surface area contributed by atoms with Crippen LogP contribution in [0, 0.1) is 5.92 Å². The van der Waals surface area contributed by atoms with Crippen molar-refractivity contribution in [1.29, 1.82) is 0 Å². The highest BCUT2D eigenvalue weighted by Crippen LogP contribution is 2.43. The van der Waals surface area contributed by atoms with Crippen molar-refractivity contribution < 1.29 is 14.3 Å². The van der Waals surface area contributed by atoms with Crippen molar-refractivity contribution >= 4 is 5.78 Å². The maximum atomic E-state index is 11.9. The fourth-order valence-electron chi connectivity index (χ4n) is 2.50. The van der Waals surface area contributed by atoms with Gasteiger partial charge in [-0.15, -0.1) is 6.58 Å². The lowest BCUT2D eigenvalue weighted by Crippen LogP contribution is -2.38. The molecule has 2 atom stereocenters. The van der Waals surface area contributed by atoms with Crippen LogP contribution in [0.15, 0.2) is 36.1 Å². The van der Waals surface area contributed by atoms with Crippen molar-refractivity contribution in [1.82, 2.24) is 0 Å². The van der Waals surface area contributed by atoms with Gasteiger partial charge in [-0.05, 0) is 26.7 Å². The Labute approximate surface area is 108 Å². The summed E-state index contributed by atoms with van der Waals surface area (Å²) >= 11 is 0. The summed E-state index contributed by atoms with van der Waals surface area (Å²) in [4.78, 5) is 11.9. The largest absolute Gasteiger partial charge is 0.469 e. The molecule has 1 fully saturated rings. The predicted octanol–water partition coefficient (Wildman–Crippen LogP) is 3.13. The molecule has 0 aromatic rings. The van der Waals surface area contributed by atoms with Crippen LogP contribution in [0.25, 0.3) is 0 Å². The highest BCUT2D eigenvalue weighted by atomic mass is 16.7. The Kier molecular flexibility index (Phi) is 3.71. The maximum absolute atomic E-state index is 11.9. The van der Waals surface area contributed by atoms with Crippen LogP contribution in [0.2, 0.25) is 0 Å². The number of hydrogen-bond acceptors (Lipinski definition) is 3. The quantitative estimate of drug-likeness (QED) is 0.717. The van der Waals surface area contributed by atoms with Crippen LogP contribution in [-0.2, 0) is 14.3 Å². The smallest absolute Gasteiger partial charge is 0.189 e.